The quantitative estimate of drug-likeness (QED) is 0.0331. The number of primary amides is 2. The minimum Gasteiger partial charge on any atom is -0.508 e. The second-order valence-electron chi connectivity index (χ2n) is 33.8. The van der Waals surface area contributed by atoms with Gasteiger partial charge in [0.05, 0.1) is 31.2 Å². The van der Waals surface area contributed by atoms with Gasteiger partial charge in [-0.3, -0.25) is 86.3 Å². The van der Waals surface area contributed by atoms with Crippen molar-refractivity contribution in [3.05, 3.63) is 167 Å². The molecule has 0 aliphatic carbocycles. The number of phenolic OH excluding ortho intramolecular Hbond substituents is 2. The summed E-state index contributed by atoms with van der Waals surface area (Å²) in [6.07, 6.45) is -6.34. The van der Waals surface area contributed by atoms with E-state index in [-0.39, 0.29) is 61.3 Å². The number of fused-ring (bicyclic) bond motifs is 3. The number of carboxylic acid groups (broad SMARTS) is 2. The molecule has 6 aromatic rings. The first kappa shape index (κ1) is 105. The number of aromatic amines is 1. The Bertz CT molecular complexity index is 5350. The molecule has 135 heavy (non-hydrogen) atoms. The number of rotatable bonds is 24. The number of H-pyrrole nitrogens is 1. The molecule has 16 amide bonds. The molecule has 0 bridgehead atoms. The molecular weight excluding hydrogens is 1790 g/mol. The van der Waals surface area contributed by atoms with Gasteiger partial charge in [-0.1, -0.05) is 106 Å². The number of aromatic hydroxyl groups is 2. The number of benzene rings is 5. The molecule has 1 aromatic heterocycles. The van der Waals surface area contributed by atoms with Crippen LogP contribution in [-0.4, -0.2) is 298 Å². The Labute approximate surface area is 777 Å². The average Bonchev–Trinajstić information content (AvgIpc) is 1.74. The van der Waals surface area contributed by atoms with E-state index in [1.165, 1.54) is 82.7 Å². The third-order valence-electron chi connectivity index (χ3n) is 23.5. The van der Waals surface area contributed by atoms with E-state index in [4.69, 9.17) is 11.5 Å². The van der Waals surface area contributed by atoms with Gasteiger partial charge in [0.15, 0.2) is 17.5 Å². The van der Waals surface area contributed by atoms with Crippen LogP contribution in [0.2, 0.25) is 0 Å². The van der Waals surface area contributed by atoms with Crippen LogP contribution in [0.3, 0.4) is 0 Å². The van der Waals surface area contributed by atoms with Gasteiger partial charge in [-0.2, -0.15) is 0 Å². The first-order chi connectivity index (χ1) is 64.0. The van der Waals surface area contributed by atoms with Gasteiger partial charge in [-0.25, -0.2) is 13.2 Å². The summed E-state index contributed by atoms with van der Waals surface area (Å²) < 4.78 is 45.0. The van der Waals surface area contributed by atoms with Gasteiger partial charge < -0.3 is 114 Å². The lowest BCUT2D eigenvalue weighted by Gasteiger charge is -2.38. The maximum atomic E-state index is 15.7. The Morgan fingerprint density at radius 1 is 0.519 bits per heavy atom. The SMILES string of the molecule is CCCC[C@H]1C(=O)N2CCC[C@@H]2C(=O)N[C@@H](CC(=O)O)C(=O)N[C@@H](C(C)C)C(=O)N(C)[C@@H](Cc2ccccc2)C(=O)N[C@@H](CCC(=O)O)C(=O)N2C[C@H](O)C[C@@H]2C(=O)N[C@@H](Cc2c[nH]c3ccccc23)C(=O)N[C@@H](Cc2ccc(O)cc2)C(=O)N[C@@H](CC(N)=O)C(=O)N[C@H](C(=O)NCC(N)=O)CSCC(=O)N[C@@H](Cc2cc(F)c(F)c(F)c2)C(=O)N(C)[C@@H](Cc2ccc(O)cc2)C(=O)N1C. The number of carboxylic acids is 2. The molecule has 3 saturated heterocycles. The zero-order chi connectivity index (χ0) is 98.9. The van der Waals surface area contributed by atoms with Gasteiger partial charge in [0.25, 0.3) is 0 Å². The van der Waals surface area contributed by atoms with Crippen molar-refractivity contribution in [2.75, 3.05) is 52.3 Å². The van der Waals surface area contributed by atoms with Crippen LogP contribution in [0.4, 0.5) is 13.2 Å². The van der Waals surface area contributed by atoms with Crippen LogP contribution in [0.15, 0.2) is 121 Å². The minimum absolute atomic E-state index is 0.102. The van der Waals surface area contributed by atoms with E-state index in [0.29, 0.717) is 52.3 Å². The third-order valence-corrected chi connectivity index (χ3v) is 24.5. The number of nitrogens with zero attached hydrogens (tertiary/aromatic N) is 5. The first-order valence-electron chi connectivity index (χ1n) is 43.7. The largest absolute Gasteiger partial charge is 0.508 e. The molecule has 44 heteroatoms. The fourth-order valence-electron chi connectivity index (χ4n) is 16.2. The van der Waals surface area contributed by atoms with Gasteiger partial charge in [-0.15, -0.1) is 11.8 Å². The van der Waals surface area contributed by atoms with E-state index in [1.807, 2.05) is 0 Å². The van der Waals surface area contributed by atoms with Gasteiger partial charge in [0.2, 0.25) is 94.5 Å². The Morgan fingerprint density at radius 3 is 1.67 bits per heavy atom. The summed E-state index contributed by atoms with van der Waals surface area (Å²) in [4.78, 5) is 270. The molecule has 0 spiro atoms. The van der Waals surface area contributed by atoms with Crippen LogP contribution in [0.1, 0.15) is 113 Å². The maximum absolute atomic E-state index is 15.7. The number of hydrogen-bond acceptors (Lipinski definition) is 22. The smallest absolute Gasteiger partial charge is 0.305 e. The lowest BCUT2D eigenvalue weighted by molar-refractivity contribution is -0.152. The second-order valence-corrected chi connectivity index (χ2v) is 34.8. The molecule has 4 heterocycles. The molecule has 14 atom stereocenters. The van der Waals surface area contributed by atoms with Gasteiger partial charge in [0.1, 0.15) is 90.0 Å². The maximum Gasteiger partial charge on any atom is 0.305 e. The highest BCUT2D eigenvalue weighted by Crippen LogP contribution is 2.29. The molecule has 3 aliphatic rings. The van der Waals surface area contributed by atoms with E-state index in [0.717, 1.165) is 31.5 Å². The van der Waals surface area contributed by atoms with Crippen molar-refractivity contribution in [3.63, 3.8) is 0 Å². The second kappa shape index (κ2) is 48.5. The van der Waals surface area contributed by atoms with Crippen LogP contribution in [0.5, 0.6) is 11.5 Å². The zero-order valence-corrected chi connectivity index (χ0v) is 75.7. The van der Waals surface area contributed by atoms with Crippen LogP contribution in [-0.2, 0) is 118 Å². The Kier molecular flexibility index (Phi) is 37.5. The number of amides is 16. The molecule has 0 unspecified atom stereocenters. The fraction of sp³-hybridized carbons (Fsp3) is 0.451. The summed E-state index contributed by atoms with van der Waals surface area (Å²) in [5.41, 5.74) is 12.4. The monoisotopic (exact) mass is 1900 g/mol. The van der Waals surface area contributed by atoms with Gasteiger partial charge in [0, 0.05) is 102 Å². The summed E-state index contributed by atoms with van der Waals surface area (Å²) in [5.74, 6) is -29.5. The molecule has 9 rings (SSSR count). The van der Waals surface area contributed by atoms with Crippen molar-refractivity contribution in [1.29, 1.82) is 0 Å². The van der Waals surface area contributed by atoms with Crippen LogP contribution in [0, 0.1) is 23.4 Å². The highest BCUT2D eigenvalue weighted by atomic mass is 32.2. The number of aliphatic hydroxyl groups excluding tert-OH is 1. The van der Waals surface area contributed by atoms with Gasteiger partial charge >= 0.3 is 11.9 Å². The molecule has 40 nitrogen and oxygen atoms in total. The normalized spacial score (nSPS) is 23.9. The summed E-state index contributed by atoms with van der Waals surface area (Å²) in [5, 5.41) is 75.4. The zero-order valence-electron chi connectivity index (χ0n) is 74.9. The molecule has 3 fully saturated rings. The average molecular weight is 1900 g/mol. The van der Waals surface area contributed by atoms with Crippen molar-refractivity contribution < 1.29 is 125 Å². The summed E-state index contributed by atoms with van der Waals surface area (Å²) in [6, 6.07) is 2.84. The Balaban J connectivity index is 1.14. The Morgan fingerprint density at radius 2 is 1.05 bits per heavy atom. The summed E-state index contributed by atoms with van der Waals surface area (Å²) in [7, 11) is 3.50. The fourth-order valence-corrected chi connectivity index (χ4v) is 17.0. The highest BCUT2D eigenvalue weighted by molar-refractivity contribution is 8.00. The number of aliphatic carboxylic acids is 2. The molecule has 5 aromatic carbocycles. The van der Waals surface area contributed by atoms with Gasteiger partial charge in [-0.05, 0) is 102 Å². The molecular formula is C91H112F3N17O23S. The van der Waals surface area contributed by atoms with Crippen molar-refractivity contribution in [3.8, 4) is 11.5 Å². The van der Waals surface area contributed by atoms with E-state index in [1.54, 1.807) is 61.5 Å². The van der Waals surface area contributed by atoms with E-state index in [2.05, 4.69) is 52.8 Å². The van der Waals surface area contributed by atoms with Crippen molar-refractivity contribution in [2.24, 2.45) is 17.4 Å². The molecule has 19 N–H and O–H groups in total. The summed E-state index contributed by atoms with van der Waals surface area (Å²) >= 11 is 0.544. The highest BCUT2D eigenvalue weighted by Gasteiger charge is 2.48. The number of hydrogen-bond donors (Lipinski definition) is 17. The number of thioether (sulfide) groups is 1. The number of phenols is 2. The topological polar surface area (TPSA) is 601 Å². The van der Waals surface area contributed by atoms with Crippen molar-refractivity contribution >= 4 is 129 Å². The number of para-hydroxylation sites is 1. The number of carbonyl (C=O) groups is 18. The number of nitrogens with two attached hydrogens (primary N) is 2. The molecule has 3 aliphatic heterocycles. The van der Waals surface area contributed by atoms with E-state index in [9.17, 15) is 73.1 Å². The molecule has 726 valence electrons. The third kappa shape index (κ3) is 28.9. The predicted molar refractivity (Wildman–Crippen MR) is 479 cm³/mol. The number of likely N-dealkylation sites (N-methyl/N-ethyl adjacent to an activating group) is 3. The predicted octanol–water partition coefficient (Wildman–Crippen LogP) is -0.769. The molecule has 0 radical (unpaired) electrons. The standard InChI is InChI=1S/C91H112F3N17O23S/c1-7-8-19-68-90(133)110-31-14-20-67(110)84(127)104-64(41-76(120)121)83(126)106-78(47(2)3)91(134)108(5)69(36-48-15-10-9-11-16-48)85(128)100-60(29-30-75(118)119)88(131)111-44-55(114)39-70(111)86(129)103-62(38-52-42-97-59-18-13-12-17-56(52)59)81(124)101-61(34-49-21-25-53(112)26-22-49)80(123)102-63(40-72(95)115)82(125)105-66(79(122)98-43-73(96)116)45-135-46-74(117)99-65(35-51-32-57(92)77(94)58(93)33-51)87(130)109(6)71(89(132)107(68)4)37-50-23-27-54(113)28-24-50/h9-13,15-18,21-28,32-33,42,47,55,60-71,78,97,112-114H,7-8,14,19-20,29-31,34-41,43-46H2,1-6H3,(H2,95,115)(H2,96,116)(H,98,122)(H,99,117)(H,100,128)(H,101,124)(H,102,123)(H,103,129)(H,104,127)(H,105,125)(H,106,126)(H,118,119)(H,120,121)/t55-,60+,61+,62+,63+,64+,65+,66+,67-,68+,69+,70-,71+,78+/m1/s1. The number of aliphatic hydroxyl groups is 1. The van der Waals surface area contributed by atoms with E-state index < -0.39 is 302 Å². The number of nitrogens with one attached hydrogen (secondary N) is 10. The first-order valence-corrected chi connectivity index (χ1v) is 44.8. The summed E-state index contributed by atoms with van der Waals surface area (Å²) in [6.45, 7) is 3.05. The van der Waals surface area contributed by atoms with E-state index >= 15 is 51.9 Å². The number of halogens is 3. The molecule has 0 saturated carbocycles. The lowest BCUT2D eigenvalue weighted by atomic mass is 9.98. The number of aromatic nitrogens is 1. The van der Waals surface area contributed by atoms with Crippen molar-refractivity contribution in [1.82, 2.24) is 77.3 Å². The number of unbranched alkanes of at least 4 members (excludes halogenated alkanes) is 1. The lowest BCUT2D eigenvalue weighted by Crippen LogP contribution is -2.62. The minimum atomic E-state index is -2.09. The Hall–Kier alpha value is -14.2. The van der Waals surface area contributed by atoms with Crippen molar-refractivity contribution in [2.45, 2.75) is 202 Å². The number of carbonyl (C=O) groups excluding carboxylic acids is 16. The van der Waals surface area contributed by atoms with Crippen LogP contribution >= 0.6 is 11.8 Å². The van der Waals surface area contributed by atoms with Crippen LogP contribution < -0.4 is 59.3 Å². The van der Waals surface area contributed by atoms with Crippen LogP contribution in [0.25, 0.3) is 10.9 Å².